The monoisotopic (exact) mass is 640 g/mol. The fraction of sp³-hybridized carbons (Fsp3) is 0.667. The van der Waals surface area contributed by atoms with Gasteiger partial charge in [-0.3, -0.25) is 0 Å². The van der Waals surface area contributed by atoms with E-state index in [1.54, 1.807) is 12.0 Å². The third-order valence-corrected chi connectivity index (χ3v) is 23.5. The fourth-order valence-electron chi connectivity index (χ4n) is 5.61. The Labute approximate surface area is 233 Å². The maximum absolute atomic E-state index is 15.1. The average molecular weight is 639 g/mol. The average Bonchev–Trinajstić information content (AvgIpc) is 3.32. The number of methoxy groups -OCH3 is 1. The predicted molar refractivity (Wildman–Crippen MR) is 157 cm³/mol. The molecule has 0 N–H and O–H groups in total. The normalized spacial score (nSPS) is 14.7. The van der Waals surface area contributed by atoms with E-state index in [0.717, 1.165) is 24.0 Å². The number of unbranched alkanes of at least 4 members (excludes halogenated alkanes) is 4. The second-order valence-electron chi connectivity index (χ2n) is 10.4. The molecule has 1 aliphatic rings. The van der Waals surface area contributed by atoms with Gasteiger partial charge in [-0.1, -0.05) is 0 Å². The third-order valence-electron chi connectivity index (χ3n) is 7.61. The Kier molecular flexibility index (Phi) is 14.5. The number of aryl methyl sites for hydroxylation is 1. The molecule has 6 nitrogen and oxygen atoms in total. The molecule has 38 heavy (non-hydrogen) atoms. The van der Waals surface area contributed by atoms with Crippen LogP contribution in [-0.2, 0) is 9.57 Å². The van der Waals surface area contributed by atoms with Gasteiger partial charge in [0.2, 0.25) is 0 Å². The number of halogens is 1. The van der Waals surface area contributed by atoms with Crippen LogP contribution < -0.4 is 4.74 Å². The number of oxime groups is 1. The van der Waals surface area contributed by atoms with Crippen LogP contribution in [0.25, 0.3) is 3.59 Å². The van der Waals surface area contributed by atoms with E-state index in [4.69, 9.17) is 14.3 Å². The molecule has 0 atom stereocenters. The van der Waals surface area contributed by atoms with Gasteiger partial charge in [0.15, 0.2) is 0 Å². The van der Waals surface area contributed by atoms with Crippen LogP contribution in [0.5, 0.6) is 5.75 Å². The van der Waals surface area contributed by atoms with Crippen LogP contribution in [0.15, 0.2) is 23.4 Å². The molecule has 0 aliphatic carbocycles. The molecule has 1 aromatic carbocycles. The van der Waals surface area contributed by atoms with Gasteiger partial charge in [0.1, 0.15) is 0 Å². The third kappa shape index (κ3) is 8.88. The van der Waals surface area contributed by atoms with Crippen molar-refractivity contribution in [2.45, 2.75) is 92.4 Å². The second-order valence-corrected chi connectivity index (χ2v) is 23.5. The molecular formula is C30H49FN2O4Sn. The van der Waals surface area contributed by atoms with E-state index in [0.29, 0.717) is 31.0 Å². The summed E-state index contributed by atoms with van der Waals surface area (Å²) < 4.78 is 31.2. The summed E-state index contributed by atoms with van der Waals surface area (Å²) in [6, 6.07) is 4.12. The van der Waals surface area contributed by atoms with Crippen LogP contribution >= 0.6 is 0 Å². The van der Waals surface area contributed by atoms with Crippen molar-refractivity contribution in [3.05, 3.63) is 34.9 Å². The number of hydrogen-bond acceptors (Lipinski definition) is 5. The molecule has 2 rings (SSSR count). The van der Waals surface area contributed by atoms with Crippen molar-refractivity contribution < 1.29 is 23.5 Å². The van der Waals surface area contributed by atoms with Crippen LogP contribution in [0.3, 0.4) is 0 Å². The summed E-state index contributed by atoms with van der Waals surface area (Å²) >= 11 is -2.92. The standard InChI is InChI=1S/C18H22FN2O4.3C4H9.Sn/c1-13-11-14(12-15(16(13)23-2)17(19)20-24-3)7-5-4-6-8-21-9-10-25-18(21)22;3*1-3-4-2;/h5,11-12H,4,6,8-10H2,1-3H3;3*1,3-4H2,2H3;. The van der Waals surface area contributed by atoms with E-state index in [-0.39, 0.29) is 6.09 Å². The Hall–Kier alpha value is -1.77. The number of hydrogen-bond donors (Lipinski definition) is 0. The van der Waals surface area contributed by atoms with E-state index in [2.05, 4.69) is 38.1 Å². The molecule has 0 spiro atoms. The minimum absolute atomic E-state index is 0.208. The topological polar surface area (TPSA) is 60.4 Å². The molecule has 214 valence electrons. The summed E-state index contributed by atoms with van der Waals surface area (Å²) in [5.74, 6) is -0.173. The Morgan fingerprint density at radius 2 is 1.71 bits per heavy atom. The van der Waals surface area contributed by atoms with Crippen molar-refractivity contribution in [3.8, 4) is 5.75 Å². The van der Waals surface area contributed by atoms with Crippen molar-refractivity contribution in [3.63, 3.8) is 0 Å². The summed E-state index contributed by atoms with van der Waals surface area (Å²) in [5.41, 5.74) is 2.35. The molecule has 1 fully saturated rings. The SMILES string of the molecule is CCC[CH2][Sn]([CH2]CCC)([CH2]CCC)/[C](=C/CCCN1CCOC1=O)c1cc(C)c(OC)c(C(F)=NOC)c1. The molecule has 0 radical (unpaired) electrons. The second kappa shape index (κ2) is 17.0. The van der Waals surface area contributed by atoms with E-state index in [1.807, 2.05) is 13.0 Å². The summed E-state index contributed by atoms with van der Waals surface area (Å²) in [5, 5.41) is 3.60. The van der Waals surface area contributed by atoms with Gasteiger partial charge in [-0.05, 0) is 0 Å². The molecule has 1 heterocycles. The molecule has 1 aliphatic heterocycles. The predicted octanol–water partition coefficient (Wildman–Crippen LogP) is 8.29. The number of allylic oxidation sites excluding steroid dienone is 1. The van der Waals surface area contributed by atoms with Crippen LogP contribution in [-0.4, -0.2) is 69.3 Å². The van der Waals surface area contributed by atoms with Gasteiger partial charge in [-0.15, -0.1) is 0 Å². The number of ether oxygens (including phenoxy) is 2. The number of carbonyl (C=O) groups is 1. The first-order chi connectivity index (χ1) is 18.4. The van der Waals surface area contributed by atoms with Crippen molar-refractivity contribution in [1.82, 2.24) is 4.90 Å². The summed E-state index contributed by atoms with van der Waals surface area (Å²) in [7, 11) is 2.92. The van der Waals surface area contributed by atoms with Gasteiger partial charge >= 0.3 is 235 Å². The zero-order chi connectivity index (χ0) is 28.0. The van der Waals surface area contributed by atoms with E-state index in [9.17, 15) is 4.79 Å². The zero-order valence-electron chi connectivity index (χ0n) is 24.5. The molecule has 0 unspecified atom stereocenters. The van der Waals surface area contributed by atoms with Gasteiger partial charge < -0.3 is 0 Å². The van der Waals surface area contributed by atoms with E-state index < -0.39 is 24.3 Å². The fourth-order valence-corrected chi connectivity index (χ4v) is 22.7. The quantitative estimate of drug-likeness (QED) is 0.0702. The molecular weight excluding hydrogens is 590 g/mol. The molecule has 0 saturated carbocycles. The molecule has 0 aromatic heterocycles. The number of nitrogens with zero attached hydrogens (tertiary/aromatic N) is 2. The number of rotatable bonds is 18. The van der Waals surface area contributed by atoms with Crippen LogP contribution in [0.1, 0.15) is 88.8 Å². The first kappa shape index (κ1) is 32.4. The van der Waals surface area contributed by atoms with E-state index in [1.165, 1.54) is 62.5 Å². The first-order valence-corrected chi connectivity index (χ1v) is 21.9. The number of cyclic esters (lactones) is 1. The van der Waals surface area contributed by atoms with Gasteiger partial charge in [0.05, 0.1) is 0 Å². The zero-order valence-corrected chi connectivity index (χ0v) is 27.4. The van der Waals surface area contributed by atoms with Crippen LogP contribution in [0.4, 0.5) is 9.18 Å². The number of carbonyl (C=O) groups excluding carboxylic acids is 1. The van der Waals surface area contributed by atoms with Crippen molar-refractivity contribution in [2.75, 3.05) is 33.9 Å². The molecule has 1 saturated heterocycles. The van der Waals surface area contributed by atoms with Gasteiger partial charge in [0, 0.05) is 0 Å². The van der Waals surface area contributed by atoms with E-state index >= 15 is 4.39 Å². The van der Waals surface area contributed by atoms with Crippen molar-refractivity contribution >= 4 is 34.0 Å². The Bertz CT molecular complexity index is 929. The summed E-state index contributed by atoms with van der Waals surface area (Å²) in [6.07, 6.45) is 11.3. The molecule has 1 amide bonds. The Balaban J connectivity index is 2.62. The molecule has 1 aromatic rings. The van der Waals surface area contributed by atoms with Crippen LogP contribution in [0.2, 0.25) is 13.3 Å². The minimum atomic E-state index is -2.92. The van der Waals surface area contributed by atoms with Crippen molar-refractivity contribution in [2.24, 2.45) is 5.16 Å². The Morgan fingerprint density at radius 1 is 1.08 bits per heavy atom. The Morgan fingerprint density at radius 3 is 2.21 bits per heavy atom. The summed E-state index contributed by atoms with van der Waals surface area (Å²) in [6.45, 7) is 10.7. The maximum atomic E-state index is 15.1. The molecule has 0 bridgehead atoms. The number of amides is 1. The number of benzene rings is 1. The first-order valence-electron chi connectivity index (χ1n) is 14.5. The van der Waals surface area contributed by atoms with Crippen LogP contribution in [0, 0.1) is 6.92 Å². The summed E-state index contributed by atoms with van der Waals surface area (Å²) in [4.78, 5) is 18.5. The van der Waals surface area contributed by atoms with Crippen molar-refractivity contribution in [1.29, 1.82) is 0 Å². The van der Waals surface area contributed by atoms with Gasteiger partial charge in [-0.25, -0.2) is 0 Å². The van der Waals surface area contributed by atoms with Gasteiger partial charge in [0.25, 0.3) is 0 Å². The van der Waals surface area contributed by atoms with Gasteiger partial charge in [-0.2, -0.15) is 0 Å². The molecule has 8 heteroatoms.